The van der Waals surface area contributed by atoms with Gasteiger partial charge in [0, 0.05) is 56.5 Å². The molecule has 0 saturated carbocycles. The molecule has 1 aromatic carbocycles. The Kier molecular flexibility index (Phi) is 7.29. The normalized spacial score (nSPS) is 13.6. The van der Waals surface area contributed by atoms with E-state index in [0.717, 1.165) is 50.6 Å². The zero-order valence-electron chi connectivity index (χ0n) is 18.7. The number of nitrogens with one attached hydrogen (secondary N) is 2. The predicted molar refractivity (Wildman–Crippen MR) is 128 cm³/mol. The van der Waals surface area contributed by atoms with Crippen molar-refractivity contribution in [2.24, 2.45) is 0 Å². The lowest BCUT2D eigenvalue weighted by Crippen LogP contribution is -2.36. The molecule has 1 fully saturated rings. The van der Waals surface area contributed by atoms with Crippen LogP contribution in [0.2, 0.25) is 0 Å². The number of pyridine rings is 1. The Morgan fingerprint density at radius 3 is 2.41 bits per heavy atom. The first kappa shape index (κ1) is 21.8. The van der Waals surface area contributed by atoms with Crippen molar-refractivity contribution in [1.82, 2.24) is 19.9 Å². The van der Waals surface area contributed by atoms with E-state index < -0.39 is 0 Å². The SMILES string of the molecule is CCN(CC)c1nc(NCc2cccnc2)nc(Nc2ccc(N3CCOCC3)cc2)n1. The average molecular weight is 435 g/mol. The second-order valence-electron chi connectivity index (χ2n) is 7.44. The fraction of sp³-hybridized carbons (Fsp3) is 0.391. The number of rotatable bonds is 9. The van der Waals surface area contributed by atoms with E-state index in [9.17, 15) is 0 Å². The summed E-state index contributed by atoms with van der Waals surface area (Å²) in [7, 11) is 0. The zero-order valence-corrected chi connectivity index (χ0v) is 18.7. The maximum Gasteiger partial charge on any atom is 0.233 e. The highest BCUT2D eigenvalue weighted by molar-refractivity contribution is 5.60. The average Bonchev–Trinajstić information content (AvgIpc) is 2.85. The molecule has 2 N–H and O–H groups in total. The van der Waals surface area contributed by atoms with E-state index in [1.54, 1.807) is 6.20 Å². The number of hydrogen-bond donors (Lipinski definition) is 2. The summed E-state index contributed by atoms with van der Waals surface area (Å²) in [6.07, 6.45) is 3.59. The molecule has 0 unspecified atom stereocenters. The molecule has 9 nitrogen and oxygen atoms in total. The van der Waals surface area contributed by atoms with Crippen LogP contribution in [0.15, 0.2) is 48.8 Å². The lowest BCUT2D eigenvalue weighted by Gasteiger charge is -2.28. The highest BCUT2D eigenvalue weighted by atomic mass is 16.5. The van der Waals surface area contributed by atoms with Gasteiger partial charge in [-0.2, -0.15) is 15.0 Å². The van der Waals surface area contributed by atoms with Crippen molar-refractivity contribution in [3.8, 4) is 0 Å². The predicted octanol–water partition coefficient (Wildman–Crippen LogP) is 3.31. The van der Waals surface area contributed by atoms with Gasteiger partial charge < -0.3 is 25.2 Å². The molecular weight excluding hydrogens is 404 g/mol. The Balaban J connectivity index is 1.51. The number of ether oxygens (including phenoxy) is 1. The van der Waals surface area contributed by atoms with Crippen molar-refractivity contribution >= 4 is 29.2 Å². The van der Waals surface area contributed by atoms with Crippen LogP contribution in [0.5, 0.6) is 0 Å². The van der Waals surface area contributed by atoms with E-state index in [2.05, 4.69) is 78.5 Å². The Morgan fingerprint density at radius 1 is 0.969 bits per heavy atom. The molecule has 0 bridgehead atoms. The molecule has 9 heteroatoms. The highest BCUT2D eigenvalue weighted by Crippen LogP contribution is 2.22. The lowest BCUT2D eigenvalue weighted by molar-refractivity contribution is 0.122. The largest absolute Gasteiger partial charge is 0.378 e. The van der Waals surface area contributed by atoms with E-state index >= 15 is 0 Å². The van der Waals surface area contributed by atoms with Crippen LogP contribution in [0, 0.1) is 0 Å². The van der Waals surface area contributed by atoms with Crippen molar-refractivity contribution < 1.29 is 4.74 Å². The molecular formula is C23H30N8O. The molecule has 0 amide bonds. The number of hydrogen-bond acceptors (Lipinski definition) is 9. The number of benzene rings is 1. The van der Waals surface area contributed by atoms with Crippen molar-refractivity contribution in [2.45, 2.75) is 20.4 Å². The molecule has 168 valence electrons. The Hall–Kier alpha value is -3.46. The highest BCUT2D eigenvalue weighted by Gasteiger charge is 2.13. The van der Waals surface area contributed by atoms with Crippen LogP contribution in [0.4, 0.5) is 29.2 Å². The van der Waals surface area contributed by atoms with Gasteiger partial charge in [0.1, 0.15) is 0 Å². The second kappa shape index (κ2) is 10.7. The molecule has 3 aromatic rings. The summed E-state index contributed by atoms with van der Waals surface area (Å²) >= 11 is 0. The number of nitrogens with zero attached hydrogens (tertiary/aromatic N) is 6. The van der Waals surface area contributed by atoms with Gasteiger partial charge >= 0.3 is 0 Å². The van der Waals surface area contributed by atoms with Gasteiger partial charge in [0.15, 0.2) is 0 Å². The fourth-order valence-corrected chi connectivity index (χ4v) is 3.54. The first-order valence-corrected chi connectivity index (χ1v) is 11.1. The fourth-order valence-electron chi connectivity index (χ4n) is 3.54. The standard InChI is InChI=1S/C23H30N8O/c1-3-30(4-2)23-28-21(25-17-18-6-5-11-24-16-18)27-22(29-23)26-19-7-9-20(10-8-19)31-12-14-32-15-13-31/h5-11,16H,3-4,12-15,17H2,1-2H3,(H2,25,26,27,28,29). The third-order valence-electron chi connectivity index (χ3n) is 5.34. The molecule has 1 aliphatic rings. The van der Waals surface area contributed by atoms with E-state index in [1.807, 2.05) is 18.3 Å². The Bertz CT molecular complexity index is 973. The van der Waals surface area contributed by atoms with Gasteiger partial charge in [-0.3, -0.25) is 4.98 Å². The summed E-state index contributed by atoms with van der Waals surface area (Å²) in [5, 5.41) is 6.63. The molecule has 0 atom stereocenters. The van der Waals surface area contributed by atoms with E-state index in [4.69, 9.17) is 4.74 Å². The summed E-state index contributed by atoms with van der Waals surface area (Å²) in [6, 6.07) is 12.3. The molecule has 32 heavy (non-hydrogen) atoms. The van der Waals surface area contributed by atoms with Gasteiger partial charge in [-0.1, -0.05) is 6.07 Å². The topological polar surface area (TPSA) is 91.3 Å². The second-order valence-corrected chi connectivity index (χ2v) is 7.44. The van der Waals surface area contributed by atoms with Crippen LogP contribution < -0.4 is 20.4 Å². The monoisotopic (exact) mass is 434 g/mol. The summed E-state index contributed by atoms with van der Waals surface area (Å²) in [6.45, 7) is 9.77. The Morgan fingerprint density at radius 2 is 1.72 bits per heavy atom. The molecule has 0 spiro atoms. The van der Waals surface area contributed by atoms with Crippen molar-refractivity contribution in [3.05, 3.63) is 54.4 Å². The summed E-state index contributed by atoms with van der Waals surface area (Å²) in [4.78, 5) is 22.4. The maximum absolute atomic E-state index is 5.44. The van der Waals surface area contributed by atoms with Crippen LogP contribution >= 0.6 is 0 Å². The van der Waals surface area contributed by atoms with Crippen LogP contribution in [-0.4, -0.2) is 59.3 Å². The molecule has 3 heterocycles. The van der Waals surface area contributed by atoms with Crippen LogP contribution in [0.1, 0.15) is 19.4 Å². The van der Waals surface area contributed by atoms with E-state index in [1.165, 1.54) is 5.69 Å². The van der Waals surface area contributed by atoms with E-state index in [0.29, 0.717) is 24.4 Å². The van der Waals surface area contributed by atoms with Crippen LogP contribution in [0.25, 0.3) is 0 Å². The van der Waals surface area contributed by atoms with Crippen LogP contribution in [0.3, 0.4) is 0 Å². The minimum atomic E-state index is 0.509. The minimum absolute atomic E-state index is 0.509. The quantitative estimate of drug-likeness (QED) is 0.526. The first-order chi connectivity index (χ1) is 15.7. The third-order valence-corrected chi connectivity index (χ3v) is 5.34. The third kappa shape index (κ3) is 5.61. The summed E-state index contributed by atoms with van der Waals surface area (Å²) < 4.78 is 5.44. The maximum atomic E-state index is 5.44. The van der Waals surface area contributed by atoms with Crippen molar-refractivity contribution in [2.75, 3.05) is 59.8 Å². The number of anilines is 5. The van der Waals surface area contributed by atoms with Crippen molar-refractivity contribution in [1.29, 1.82) is 0 Å². The summed E-state index contributed by atoms with van der Waals surface area (Å²) in [5.41, 5.74) is 3.18. The lowest BCUT2D eigenvalue weighted by atomic mass is 10.2. The number of morpholine rings is 1. The minimum Gasteiger partial charge on any atom is -0.378 e. The van der Waals surface area contributed by atoms with Gasteiger partial charge in [-0.25, -0.2) is 0 Å². The molecule has 1 aliphatic heterocycles. The molecule has 1 saturated heterocycles. The van der Waals surface area contributed by atoms with Gasteiger partial charge in [0.05, 0.1) is 13.2 Å². The zero-order chi connectivity index (χ0) is 22.2. The van der Waals surface area contributed by atoms with Crippen LogP contribution in [-0.2, 0) is 11.3 Å². The number of aromatic nitrogens is 4. The van der Waals surface area contributed by atoms with Gasteiger partial charge in [-0.15, -0.1) is 0 Å². The first-order valence-electron chi connectivity index (χ1n) is 11.1. The molecule has 0 aliphatic carbocycles. The van der Waals surface area contributed by atoms with E-state index in [-0.39, 0.29) is 0 Å². The van der Waals surface area contributed by atoms with Gasteiger partial charge in [0.2, 0.25) is 17.8 Å². The molecule has 0 radical (unpaired) electrons. The molecule has 4 rings (SSSR count). The van der Waals surface area contributed by atoms with Crippen molar-refractivity contribution in [3.63, 3.8) is 0 Å². The smallest absolute Gasteiger partial charge is 0.233 e. The summed E-state index contributed by atoms with van der Waals surface area (Å²) in [5.74, 6) is 1.68. The van der Waals surface area contributed by atoms with Gasteiger partial charge in [-0.05, 0) is 49.7 Å². The van der Waals surface area contributed by atoms with Gasteiger partial charge in [0.25, 0.3) is 0 Å². The molecule has 2 aromatic heterocycles. The Labute approximate surface area is 188 Å².